The first-order valence-electron chi connectivity index (χ1n) is 12.0. The summed E-state index contributed by atoms with van der Waals surface area (Å²) in [7, 11) is -5.01. The Bertz CT molecular complexity index is 1630. The lowest BCUT2D eigenvalue weighted by atomic mass is 10.1. The molecule has 2 aromatic heterocycles. The number of rotatable bonds is 12. The van der Waals surface area contributed by atoms with Gasteiger partial charge in [0.25, 0.3) is 15.9 Å². The van der Waals surface area contributed by atoms with Gasteiger partial charge in [0.1, 0.15) is 34.4 Å². The van der Waals surface area contributed by atoms with Crippen molar-refractivity contribution >= 4 is 33.3 Å². The number of carbonyl (C=O) groups excluding carboxylic acids is 1. The number of aromatic nitrogens is 3. The van der Waals surface area contributed by atoms with E-state index >= 15 is 0 Å². The van der Waals surface area contributed by atoms with Crippen molar-refractivity contribution in [3.63, 3.8) is 0 Å². The van der Waals surface area contributed by atoms with Crippen molar-refractivity contribution in [2.75, 3.05) is 16.6 Å². The second-order valence-electron chi connectivity index (χ2n) is 9.04. The number of amides is 1. The topological polar surface area (TPSA) is 165 Å². The number of nitrogens with one attached hydrogen (secondary N) is 3. The van der Waals surface area contributed by atoms with Gasteiger partial charge in [-0.2, -0.15) is 13.9 Å². The largest absolute Gasteiger partial charge is 0.491 e. The highest BCUT2D eigenvalue weighted by molar-refractivity contribution is 7.93. The van der Waals surface area contributed by atoms with Gasteiger partial charge < -0.3 is 20.3 Å². The Morgan fingerprint density at radius 2 is 1.93 bits per heavy atom. The Morgan fingerprint density at radius 1 is 1.18 bits per heavy atom. The maximum atomic E-state index is 13.2. The number of halogens is 3. The Labute approximate surface area is 225 Å². The van der Waals surface area contributed by atoms with Crippen LogP contribution >= 0.6 is 0 Å². The number of alkyl halides is 2. The molecule has 11 nitrogen and oxygen atoms in total. The minimum absolute atomic E-state index is 0.00990. The fraction of sp³-hybridized carbons (Fsp3) is 0.240. The zero-order chi connectivity index (χ0) is 28.4. The molecule has 0 unspecified atom stereocenters. The predicted octanol–water partition coefficient (Wildman–Crippen LogP) is 4.51. The van der Waals surface area contributed by atoms with Gasteiger partial charge in [0.2, 0.25) is 0 Å². The van der Waals surface area contributed by atoms with Crippen LogP contribution in [0.5, 0.6) is 5.75 Å². The van der Waals surface area contributed by atoms with Crippen LogP contribution in [0, 0.1) is 5.82 Å². The first-order valence-corrected chi connectivity index (χ1v) is 13.6. The smallest absolute Gasteiger partial charge is 0.355 e. The lowest BCUT2D eigenvalue weighted by Crippen LogP contribution is -2.21. The van der Waals surface area contributed by atoms with E-state index in [1.165, 1.54) is 30.3 Å². The number of ether oxygens (including phenoxy) is 1. The molecular formula is C25H23F3N6O5S. The average Bonchev–Trinajstić information content (AvgIpc) is 3.51. The summed E-state index contributed by atoms with van der Waals surface area (Å²) in [6.07, 6.45) is 2.31. The van der Waals surface area contributed by atoms with Crippen LogP contribution in [0.3, 0.4) is 0 Å². The number of hydrogen-bond donors (Lipinski definition) is 4. The molecular weight excluding hydrogens is 553 g/mol. The fourth-order valence-corrected chi connectivity index (χ4v) is 4.48. The summed E-state index contributed by atoms with van der Waals surface area (Å²) in [5, 5.41) is 13.7. The molecule has 5 N–H and O–H groups in total. The standard InChI is InChI=1S/C25H23F3N6O5S/c26-16-6-1-13(2-7-16)9-10-38-19-11-15(5-8-17(19)34-40(36,37)25(27)28)22-21(23(29)35)24(32-31-22)30-20-12-18(39-33-20)14-3-4-14/h1-2,5-8,11-12,14,25,34H,3-4,9-10H2,(H2,29,35)(H2,30,31,32,33). The van der Waals surface area contributed by atoms with Crippen LogP contribution in [0.2, 0.25) is 0 Å². The van der Waals surface area contributed by atoms with Crippen molar-refractivity contribution in [1.29, 1.82) is 0 Å². The Kier molecular flexibility index (Phi) is 7.38. The molecule has 0 spiro atoms. The molecule has 1 aliphatic carbocycles. The number of anilines is 3. The van der Waals surface area contributed by atoms with Crippen LogP contribution in [0.25, 0.3) is 11.3 Å². The molecule has 1 amide bonds. The van der Waals surface area contributed by atoms with E-state index in [-0.39, 0.29) is 40.7 Å². The van der Waals surface area contributed by atoms with E-state index in [1.807, 2.05) is 4.72 Å². The number of nitrogens with zero attached hydrogens (tertiary/aromatic N) is 2. The first kappa shape index (κ1) is 27.1. The number of H-pyrrole nitrogens is 1. The normalized spacial score (nSPS) is 13.4. The summed E-state index contributed by atoms with van der Waals surface area (Å²) < 4.78 is 75.8. The zero-order valence-corrected chi connectivity index (χ0v) is 21.5. The summed E-state index contributed by atoms with van der Waals surface area (Å²) >= 11 is 0. The van der Waals surface area contributed by atoms with E-state index in [4.69, 9.17) is 15.0 Å². The molecule has 0 bridgehead atoms. The van der Waals surface area contributed by atoms with Crippen LogP contribution in [0.15, 0.2) is 53.1 Å². The molecule has 5 rings (SSSR count). The lowest BCUT2D eigenvalue weighted by Gasteiger charge is -2.15. The molecule has 0 aliphatic heterocycles. The van der Waals surface area contributed by atoms with Gasteiger partial charge in [-0.05, 0) is 42.7 Å². The highest BCUT2D eigenvalue weighted by atomic mass is 32.2. The summed E-state index contributed by atoms with van der Waals surface area (Å²) in [6, 6.07) is 11.3. The molecule has 1 aliphatic rings. The van der Waals surface area contributed by atoms with Crippen molar-refractivity contribution in [1.82, 2.24) is 15.4 Å². The zero-order valence-electron chi connectivity index (χ0n) is 20.7. The maximum Gasteiger partial charge on any atom is 0.355 e. The number of sulfonamides is 1. The number of carbonyl (C=O) groups is 1. The second kappa shape index (κ2) is 10.9. The fourth-order valence-electron chi connectivity index (χ4n) is 3.92. The van der Waals surface area contributed by atoms with Crippen molar-refractivity contribution in [3.8, 4) is 17.0 Å². The molecule has 2 aromatic carbocycles. The van der Waals surface area contributed by atoms with E-state index in [1.54, 1.807) is 18.2 Å². The minimum Gasteiger partial charge on any atom is -0.491 e. The molecule has 1 fully saturated rings. The van der Waals surface area contributed by atoms with E-state index in [2.05, 4.69) is 20.7 Å². The van der Waals surface area contributed by atoms with Crippen LogP contribution in [0.4, 0.5) is 30.5 Å². The maximum absolute atomic E-state index is 13.2. The second-order valence-corrected chi connectivity index (χ2v) is 10.7. The number of benzene rings is 2. The van der Waals surface area contributed by atoms with Crippen molar-refractivity contribution in [3.05, 3.63) is 71.2 Å². The monoisotopic (exact) mass is 576 g/mol. The third-order valence-corrected chi connectivity index (χ3v) is 7.05. The number of nitrogens with two attached hydrogens (primary N) is 1. The molecule has 0 saturated heterocycles. The highest BCUT2D eigenvalue weighted by Crippen LogP contribution is 2.41. The molecule has 1 saturated carbocycles. The predicted molar refractivity (Wildman–Crippen MR) is 138 cm³/mol. The third kappa shape index (κ3) is 6.03. The van der Waals surface area contributed by atoms with Gasteiger partial charge in [-0.25, -0.2) is 12.8 Å². The average molecular weight is 577 g/mol. The van der Waals surface area contributed by atoms with Gasteiger partial charge in [0.15, 0.2) is 5.82 Å². The van der Waals surface area contributed by atoms with Gasteiger partial charge in [-0.1, -0.05) is 23.4 Å². The SMILES string of the molecule is NC(=O)c1c(-c2ccc(NS(=O)(=O)C(F)F)c(OCCc3ccc(F)cc3)c2)n[nH]c1Nc1cc(C2CC2)on1. The van der Waals surface area contributed by atoms with Gasteiger partial charge in [0, 0.05) is 24.0 Å². The number of aromatic amines is 1. The Morgan fingerprint density at radius 3 is 2.60 bits per heavy atom. The Hall–Kier alpha value is -4.53. The number of primary amides is 1. The van der Waals surface area contributed by atoms with E-state index in [0.717, 1.165) is 18.4 Å². The summed E-state index contributed by atoms with van der Waals surface area (Å²) in [6.45, 7) is -0.00990. The van der Waals surface area contributed by atoms with Crippen LogP contribution in [-0.4, -0.2) is 42.0 Å². The van der Waals surface area contributed by atoms with Gasteiger partial charge in [-0.15, -0.1) is 0 Å². The number of hydrogen-bond acceptors (Lipinski definition) is 8. The van der Waals surface area contributed by atoms with E-state index in [9.17, 15) is 26.4 Å². The van der Waals surface area contributed by atoms with Crippen LogP contribution in [0.1, 0.15) is 40.4 Å². The molecule has 4 aromatic rings. The Balaban J connectivity index is 1.44. The highest BCUT2D eigenvalue weighted by Gasteiger charge is 2.29. The van der Waals surface area contributed by atoms with Crippen LogP contribution in [-0.2, 0) is 16.4 Å². The van der Waals surface area contributed by atoms with Gasteiger partial charge in [-0.3, -0.25) is 14.6 Å². The summed E-state index contributed by atoms with van der Waals surface area (Å²) in [5.74, 6) is -3.53. The minimum atomic E-state index is -5.01. The third-order valence-electron chi connectivity index (χ3n) is 6.08. The molecule has 40 heavy (non-hydrogen) atoms. The van der Waals surface area contributed by atoms with Gasteiger partial charge >= 0.3 is 5.76 Å². The molecule has 2 heterocycles. The molecule has 0 atom stereocenters. The van der Waals surface area contributed by atoms with E-state index < -0.39 is 27.5 Å². The summed E-state index contributed by atoms with van der Waals surface area (Å²) in [4.78, 5) is 12.4. The van der Waals surface area contributed by atoms with Crippen molar-refractivity contribution in [2.24, 2.45) is 5.73 Å². The quantitative estimate of drug-likeness (QED) is 0.191. The van der Waals surface area contributed by atoms with Crippen LogP contribution < -0.4 is 20.5 Å². The van der Waals surface area contributed by atoms with Gasteiger partial charge in [0.05, 0.1) is 12.3 Å². The lowest BCUT2D eigenvalue weighted by molar-refractivity contribution is 0.100. The molecule has 210 valence electrons. The molecule has 0 radical (unpaired) electrons. The first-order chi connectivity index (χ1) is 19.1. The van der Waals surface area contributed by atoms with Crippen molar-refractivity contribution in [2.45, 2.75) is 30.9 Å². The molecule has 15 heteroatoms. The van der Waals surface area contributed by atoms with E-state index in [0.29, 0.717) is 23.9 Å². The summed E-state index contributed by atoms with van der Waals surface area (Å²) in [5.41, 5.74) is 6.44. The van der Waals surface area contributed by atoms with Crippen molar-refractivity contribution < 1.29 is 35.6 Å².